The number of ether oxygens (including phenoxy) is 1. The zero-order chi connectivity index (χ0) is 13.9. The van der Waals surface area contributed by atoms with Gasteiger partial charge in [-0.2, -0.15) is 0 Å². The van der Waals surface area contributed by atoms with Crippen LogP contribution in [-0.4, -0.2) is 11.7 Å². The maximum absolute atomic E-state index is 9.40. The van der Waals surface area contributed by atoms with Crippen molar-refractivity contribution in [3.8, 4) is 11.5 Å². The number of fused-ring (bicyclic) bond motifs is 1. The molecule has 2 atom stereocenters. The molecular weight excluding hydrogens is 250 g/mol. The summed E-state index contributed by atoms with van der Waals surface area (Å²) in [7, 11) is 0. The lowest BCUT2D eigenvalue weighted by Crippen LogP contribution is -2.28. The Hall–Kier alpha value is -2.00. The Morgan fingerprint density at radius 2 is 1.90 bits per heavy atom. The molecule has 0 spiro atoms. The lowest BCUT2D eigenvalue weighted by Gasteiger charge is -2.33. The molecule has 1 aliphatic rings. The SMILES string of the molecule is CCNC1CC(c2ccc(O)cc2)Oc2ccccc21. The highest BCUT2D eigenvalue weighted by molar-refractivity contribution is 5.39. The molecule has 0 amide bonds. The maximum Gasteiger partial charge on any atom is 0.126 e. The number of hydrogen-bond acceptors (Lipinski definition) is 3. The highest BCUT2D eigenvalue weighted by Gasteiger charge is 2.28. The van der Waals surface area contributed by atoms with Gasteiger partial charge in [0.15, 0.2) is 0 Å². The summed E-state index contributed by atoms with van der Waals surface area (Å²) in [6.07, 6.45) is 0.921. The van der Waals surface area contributed by atoms with Crippen LogP contribution in [0.5, 0.6) is 11.5 Å². The predicted molar refractivity (Wildman–Crippen MR) is 79.0 cm³/mol. The lowest BCUT2D eigenvalue weighted by molar-refractivity contribution is 0.152. The van der Waals surface area contributed by atoms with Crippen molar-refractivity contribution in [1.29, 1.82) is 0 Å². The first-order valence-electron chi connectivity index (χ1n) is 7.06. The summed E-state index contributed by atoms with van der Waals surface area (Å²) in [5.74, 6) is 1.23. The van der Waals surface area contributed by atoms with E-state index in [-0.39, 0.29) is 11.9 Å². The van der Waals surface area contributed by atoms with E-state index < -0.39 is 0 Å². The van der Waals surface area contributed by atoms with Crippen LogP contribution in [0, 0.1) is 0 Å². The van der Waals surface area contributed by atoms with Crippen molar-refractivity contribution in [3.05, 3.63) is 59.7 Å². The fourth-order valence-corrected chi connectivity index (χ4v) is 2.75. The van der Waals surface area contributed by atoms with Crippen LogP contribution < -0.4 is 10.1 Å². The molecule has 104 valence electrons. The van der Waals surface area contributed by atoms with Crippen molar-refractivity contribution in [1.82, 2.24) is 5.32 Å². The molecule has 2 aromatic rings. The normalized spacial score (nSPS) is 21.1. The van der Waals surface area contributed by atoms with Crippen molar-refractivity contribution < 1.29 is 9.84 Å². The van der Waals surface area contributed by atoms with E-state index in [0.717, 1.165) is 24.3 Å². The van der Waals surface area contributed by atoms with Gasteiger partial charge in [-0.05, 0) is 30.3 Å². The number of para-hydroxylation sites is 1. The summed E-state index contributed by atoms with van der Waals surface area (Å²) in [5.41, 5.74) is 2.32. The first kappa shape index (κ1) is 13.0. The minimum absolute atomic E-state index is 0.0227. The van der Waals surface area contributed by atoms with E-state index in [1.807, 2.05) is 30.3 Å². The van der Waals surface area contributed by atoms with Crippen LogP contribution in [0.3, 0.4) is 0 Å². The first-order valence-corrected chi connectivity index (χ1v) is 7.06. The average molecular weight is 269 g/mol. The molecule has 3 rings (SSSR count). The topological polar surface area (TPSA) is 41.5 Å². The number of hydrogen-bond donors (Lipinski definition) is 2. The summed E-state index contributed by atoms with van der Waals surface area (Å²) in [5, 5.41) is 12.9. The molecule has 0 bridgehead atoms. The van der Waals surface area contributed by atoms with Crippen molar-refractivity contribution in [2.45, 2.75) is 25.5 Å². The fourth-order valence-electron chi connectivity index (χ4n) is 2.75. The predicted octanol–water partition coefficient (Wildman–Crippen LogP) is 3.57. The number of phenols is 1. The summed E-state index contributed by atoms with van der Waals surface area (Å²) in [6.45, 7) is 3.05. The first-order chi connectivity index (χ1) is 9.78. The molecule has 2 aromatic carbocycles. The number of aromatic hydroxyl groups is 1. The second kappa shape index (κ2) is 5.55. The minimum Gasteiger partial charge on any atom is -0.508 e. The molecule has 0 radical (unpaired) electrons. The molecule has 3 nitrogen and oxygen atoms in total. The van der Waals surface area contributed by atoms with Gasteiger partial charge in [-0.15, -0.1) is 0 Å². The summed E-state index contributed by atoms with van der Waals surface area (Å²) >= 11 is 0. The minimum atomic E-state index is 0.0227. The van der Waals surface area contributed by atoms with Crippen molar-refractivity contribution in [2.24, 2.45) is 0 Å². The smallest absolute Gasteiger partial charge is 0.126 e. The Morgan fingerprint density at radius 1 is 1.15 bits per heavy atom. The van der Waals surface area contributed by atoms with Gasteiger partial charge in [0.1, 0.15) is 17.6 Å². The molecule has 0 aliphatic carbocycles. The Bertz CT molecular complexity index is 580. The molecule has 20 heavy (non-hydrogen) atoms. The largest absolute Gasteiger partial charge is 0.508 e. The van der Waals surface area contributed by atoms with E-state index in [2.05, 4.69) is 18.3 Å². The van der Waals surface area contributed by atoms with Crippen LogP contribution in [0.15, 0.2) is 48.5 Å². The zero-order valence-corrected chi connectivity index (χ0v) is 11.5. The third kappa shape index (κ3) is 2.49. The molecular formula is C17H19NO2. The highest BCUT2D eigenvalue weighted by Crippen LogP contribution is 2.40. The van der Waals surface area contributed by atoms with Gasteiger partial charge >= 0.3 is 0 Å². The quantitative estimate of drug-likeness (QED) is 0.895. The Kier molecular flexibility index (Phi) is 3.61. The Morgan fingerprint density at radius 3 is 2.65 bits per heavy atom. The van der Waals surface area contributed by atoms with Crippen LogP contribution in [0.1, 0.15) is 36.6 Å². The van der Waals surface area contributed by atoms with Crippen molar-refractivity contribution in [2.75, 3.05) is 6.54 Å². The van der Waals surface area contributed by atoms with Gasteiger partial charge in [0, 0.05) is 18.0 Å². The van der Waals surface area contributed by atoms with Gasteiger partial charge in [-0.3, -0.25) is 0 Å². The Balaban J connectivity index is 1.91. The van der Waals surface area contributed by atoms with E-state index in [9.17, 15) is 5.11 Å². The van der Waals surface area contributed by atoms with E-state index in [4.69, 9.17) is 4.74 Å². The third-order valence-corrected chi connectivity index (χ3v) is 3.73. The lowest BCUT2D eigenvalue weighted by atomic mass is 9.93. The Labute approximate surface area is 119 Å². The van der Waals surface area contributed by atoms with Gasteiger partial charge in [0.25, 0.3) is 0 Å². The second-order valence-electron chi connectivity index (χ2n) is 5.08. The van der Waals surface area contributed by atoms with Gasteiger partial charge in [0.05, 0.1) is 0 Å². The number of nitrogens with one attached hydrogen (secondary N) is 1. The maximum atomic E-state index is 9.40. The van der Waals surface area contributed by atoms with Gasteiger partial charge in [-0.1, -0.05) is 37.3 Å². The van der Waals surface area contributed by atoms with Crippen LogP contribution in [0.2, 0.25) is 0 Å². The van der Waals surface area contributed by atoms with Crippen molar-refractivity contribution in [3.63, 3.8) is 0 Å². The van der Waals surface area contributed by atoms with Crippen molar-refractivity contribution >= 4 is 0 Å². The van der Waals surface area contributed by atoms with Crippen LogP contribution >= 0.6 is 0 Å². The summed E-state index contributed by atoms with van der Waals surface area (Å²) in [6, 6.07) is 15.8. The molecule has 0 fully saturated rings. The summed E-state index contributed by atoms with van der Waals surface area (Å²) < 4.78 is 6.11. The van der Waals surface area contributed by atoms with E-state index in [0.29, 0.717) is 6.04 Å². The molecule has 1 heterocycles. The molecule has 1 aliphatic heterocycles. The van der Waals surface area contributed by atoms with E-state index in [1.165, 1.54) is 5.56 Å². The van der Waals surface area contributed by atoms with Crippen LogP contribution in [0.4, 0.5) is 0 Å². The van der Waals surface area contributed by atoms with Crippen LogP contribution in [0.25, 0.3) is 0 Å². The molecule has 2 unspecified atom stereocenters. The fraction of sp³-hybridized carbons (Fsp3) is 0.294. The number of benzene rings is 2. The van der Waals surface area contributed by atoms with Crippen LogP contribution in [-0.2, 0) is 0 Å². The number of rotatable bonds is 3. The van der Waals surface area contributed by atoms with Gasteiger partial charge in [-0.25, -0.2) is 0 Å². The monoisotopic (exact) mass is 269 g/mol. The molecule has 3 heteroatoms. The summed E-state index contributed by atoms with van der Waals surface area (Å²) in [4.78, 5) is 0. The van der Waals surface area contributed by atoms with E-state index >= 15 is 0 Å². The average Bonchev–Trinajstić information content (AvgIpc) is 2.48. The van der Waals surface area contributed by atoms with Gasteiger partial charge in [0.2, 0.25) is 0 Å². The molecule has 2 N–H and O–H groups in total. The zero-order valence-electron chi connectivity index (χ0n) is 11.5. The molecule has 0 saturated carbocycles. The molecule has 0 aromatic heterocycles. The second-order valence-corrected chi connectivity index (χ2v) is 5.08. The van der Waals surface area contributed by atoms with Gasteiger partial charge < -0.3 is 15.2 Å². The number of phenolic OH excluding ortho intramolecular Hbond substituents is 1. The highest BCUT2D eigenvalue weighted by atomic mass is 16.5. The molecule has 0 saturated heterocycles. The van der Waals surface area contributed by atoms with E-state index in [1.54, 1.807) is 12.1 Å². The standard InChI is InChI=1S/C17H19NO2/c1-2-18-15-11-17(12-7-9-13(19)10-8-12)20-16-6-4-3-5-14(15)16/h3-10,15,17-19H,2,11H2,1H3. The third-order valence-electron chi connectivity index (χ3n) is 3.73.